The summed E-state index contributed by atoms with van der Waals surface area (Å²) in [5.41, 5.74) is 0.811. The van der Waals surface area contributed by atoms with E-state index in [1.165, 1.54) is 29.1 Å². The highest BCUT2D eigenvalue weighted by molar-refractivity contribution is 6.06. The number of nitrogens with zero attached hydrogens (tertiary/aromatic N) is 3. The van der Waals surface area contributed by atoms with E-state index in [2.05, 4.69) is 20.4 Å². The molecule has 0 radical (unpaired) electrons. The molecular weight excluding hydrogens is 553 g/mol. The molecule has 0 saturated heterocycles. The summed E-state index contributed by atoms with van der Waals surface area (Å²) in [4.78, 5) is 24.6. The fraction of sp³-hybridized carbons (Fsp3) is 0.308. The highest BCUT2D eigenvalue weighted by Crippen LogP contribution is 2.35. The molecule has 15 heteroatoms. The number of aromatic nitrogens is 3. The zero-order valence-corrected chi connectivity index (χ0v) is 21.3. The van der Waals surface area contributed by atoms with Crippen molar-refractivity contribution in [3.63, 3.8) is 0 Å². The summed E-state index contributed by atoms with van der Waals surface area (Å²) in [5.74, 6) is -3.84. The second-order valence-electron chi connectivity index (χ2n) is 9.17. The Kier molecular flexibility index (Phi) is 8.60. The average molecular weight is 579 g/mol. The molecule has 1 aliphatic heterocycles. The number of carboxylic acid groups (broad SMARTS) is 1. The van der Waals surface area contributed by atoms with E-state index in [1.807, 2.05) is 0 Å². The van der Waals surface area contributed by atoms with Gasteiger partial charge < -0.3 is 35.2 Å². The predicted octanol–water partition coefficient (Wildman–Crippen LogP) is 2.35. The maximum Gasteiger partial charge on any atom is 0.573 e. The number of aliphatic hydroxyl groups is 3. The van der Waals surface area contributed by atoms with Crippen molar-refractivity contribution in [1.82, 2.24) is 15.0 Å². The Balaban J connectivity index is 1.60. The first-order valence-electron chi connectivity index (χ1n) is 12.1. The molecule has 4 rings (SSSR count). The molecule has 0 fully saturated rings. The largest absolute Gasteiger partial charge is 0.573 e. The Labute approximate surface area is 230 Å². The van der Waals surface area contributed by atoms with Crippen LogP contribution in [0.15, 0.2) is 66.6 Å². The van der Waals surface area contributed by atoms with Crippen molar-refractivity contribution >= 4 is 17.6 Å². The lowest BCUT2D eigenvalue weighted by Crippen LogP contribution is -2.48. The molecule has 1 aromatic heterocycles. The third-order valence-electron chi connectivity index (χ3n) is 6.37. The molecular formula is C26H25F3N4O8. The lowest BCUT2D eigenvalue weighted by Gasteiger charge is -2.37. The number of aliphatic carboxylic acids is 1. The van der Waals surface area contributed by atoms with E-state index in [1.54, 1.807) is 31.2 Å². The molecule has 0 aliphatic carbocycles. The van der Waals surface area contributed by atoms with E-state index in [0.717, 1.165) is 12.1 Å². The van der Waals surface area contributed by atoms with Gasteiger partial charge in [0.25, 0.3) is 5.91 Å². The normalized spacial score (nSPS) is 20.4. The topological polar surface area (TPSA) is 176 Å². The SMILES string of the molecule is C[C@H]1[C@H]([C@H](O)[C@H](O)CO)OC(C(=O)O)=C[C@@H]1n1cc(-c2ccccc2NC(=O)c2cccc(OC(F)(F)F)c2)nn1. The van der Waals surface area contributed by atoms with Crippen LogP contribution in [0.1, 0.15) is 23.3 Å². The number of aliphatic hydroxyl groups excluding tert-OH is 3. The molecule has 1 amide bonds. The van der Waals surface area contributed by atoms with Gasteiger partial charge in [0, 0.05) is 17.0 Å². The predicted molar refractivity (Wildman–Crippen MR) is 134 cm³/mol. The minimum Gasteiger partial charge on any atom is -0.480 e. The summed E-state index contributed by atoms with van der Waals surface area (Å²) in [6.45, 7) is 0.851. The number of allylic oxidation sites excluding steroid dienone is 1. The van der Waals surface area contributed by atoms with Crippen LogP contribution in [0.2, 0.25) is 0 Å². The Morgan fingerprint density at radius 1 is 1.17 bits per heavy atom. The van der Waals surface area contributed by atoms with Crippen LogP contribution in [-0.4, -0.2) is 78.6 Å². The van der Waals surface area contributed by atoms with Crippen LogP contribution in [0.4, 0.5) is 18.9 Å². The smallest absolute Gasteiger partial charge is 0.480 e. The average Bonchev–Trinajstić information content (AvgIpc) is 3.41. The Morgan fingerprint density at radius 2 is 1.90 bits per heavy atom. The molecule has 41 heavy (non-hydrogen) atoms. The Morgan fingerprint density at radius 3 is 2.59 bits per heavy atom. The van der Waals surface area contributed by atoms with Crippen LogP contribution >= 0.6 is 0 Å². The standard InChI is InChI=1S/C26H25F3N4O8/c1-13-19(10-21(25(38)39)40-23(13)22(36)20(35)12-34)33-11-18(31-32-33)16-7-2-3-8-17(16)30-24(37)14-5-4-6-15(9-14)41-26(27,28)29/h2-11,13,19-20,22-23,34-36H,12H2,1H3,(H,30,37)(H,38,39)/t13-,19+,20-,22-,23-/m1/s1. The van der Waals surface area contributed by atoms with E-state index in [0.29, 0.717) is 5.56 Å². The first-order valence-corrected chi connectivity index (χ1v) is 12.1. The summed E-state index contributed by atoms with van der Waals surface area (Å²) in [7, 11) is 0. The monoisotopic (exact) mass is 578 g/mol. The van der Waals surface area contributed by atoms with E-state index >= 15 is 0 Å². The number of carbonyl (C=O) groups is 2. The molecule has 218 valence electrons. The number of para-hydroxylation sites is 1. The molecule has 5 N–H and O–H groups in total. The number of hydrogen-bond donors (Lipinski definition) is 5. The van der Waals surface area contributed by atoms with Crippen LogP contribution in [0.5, 0.6) is 5.75 Å². The van der Waals surface area contributed by atoms with Crippen molar-refractivity contribution in [2.45, 2.75) is 37.6 Å². The first-order chi connectivity index (χ1) is 19.4. The fourth-order valence-electron chi connectivity index (χ4n) is 4.33. The summed E-state index contributed by atoms with van der Waals surface area (Å²) in [6.07, 6.45) is -6.60. The third-order valence-corrected chi connectivity index (χ3v) is 6.37. The van der Waals surface area contributed by atoms with Gasteiger partial charge in [0.15, 0.2) is 0 Å². The number of halogens is 3. The maximum absolute atomic E-state index is 12.9. The van der Waals surface area contributed by atoms with Gasteiger partial charge in [-0.15, -0.1) is 18.3 Å². The Bertz CT molecular complexity index is 1440. The number of alkyl halides is 3. The van der Waals surface area contributed by atoms with Gasteiger partial charge in [0.05, 0.1) is 24.5 Å². The van der Waals surface area contributed by atoms with E-state index in [9.17, 15) is 43.2 Å². The number of anilines is 1. The van der Waals surface area contributed by atoms with Crippen molar-refractivity contribution in [2.75, 3.05) is 11.9 Å². The van der Waals surface area contributed by atoms with Crippen molar-refractivity contribution < 1.29 is 52.7 Å². The maximum atomic E-state index is 12.9. The van der Waals surface area contributed by atoms with Gasteiger partial charge in [0.2, 0.25) is 5.76 Å². The molecule has 0 unspecified atom stereocenters. The number of ether oxygens (including phenoxy) is 2. The number of carboxylic acids is 1. The molecule has 0 saturated carbocycles. The van der Waals surface area contributed by atoms with Crippen LogP contribution in [0, 0.1) is 5.92 Å². The minimum absolute atomic E-state index is 0.0951. The van der Waals surface area contributed by atoms with Crippen molar-refractivity contribution in [2.24, 2.45) is 5.92 Å². The van der Waals surface area contributed by atoms with Crippen molar-refractivity contribution in [3.8, 4) is 17.0 Å². The number of rotatable bonds is 9. The molecule has 3 aromatic rings. The van der Waals surface area contributed by atoms with Gasteiger partial charge in [-0.05, 0) is 30.3 Å². The number of hydrogen-bond acceptors (Lipinski definition) is 9. The zero-order chi connectivity index (χ0) is 29.9. The van der Waals surface area contributed by atoms with Gasteiger partial charge in [-0.25, -0.2) is 9.48 Å². The van der Waals surface area contributed by atoms with E-state index in [-0.39, 0.29) is 16.9 Å². The Hall–Kier alpha value is -4.47. The van der Waals surface area contributed by atoms with E-state index < -0.39 is 66.6 Å². The number of carbonyl (C=O) groups excluding carboxylic acids is 1. The highest BCUT2D eigenvalue weighted by Gasteiger charge is 2.41. The third kappa shape index (κ3) is 6.82. The molecule has 2 aromatic carbocycles. The molecule has 0 bridgehead atoms. The van der Waals surface area contributed by atoms with Crippen LogP contribution in [-0.2, 0) is 9.53 Å². The summed E-state index contributed by atoms with van der Waals surface area (Å²) in [5, 5.41) is 49.9. The van der Waals surface area contributed by atoms with E-state index in [4.69, 9.17) is 4.74 Å². The lowest BCUT2D eigenvalue weighted by atomic mass is 9.87. The fourth-order valence-corrected chi connectivity index (χ4v) is 4.33. The van der Waals surface area contributed by atoms with Gasteiger partial charge in [-0.3, -0.25) is 4.79 Å². The number of nitrogens with one attached hydrogen (secondary N) is 1. The quantitative estimate of drug-likeness (QED) is 0.253. The lowest BCUT2D eigenvalue weighted by molar-refractivity contribution is -0.274. The number of benzene rings is 2. The second-order valence-corrected chi connectivity index (χ2v) is 9.17. The summed E-state index contributed by atoms with van der Waals surface area (Å²) < 4.78 is 48.3. The van der Waals surface area contributed by atoms with Gasteiger partial charge in [-0.2, -0.15) is 0 Å². The second kappa shape index (κ2) is 12.0. The molecule has 1 aliphatic rings. The van der Waals surface area contributed by atoms with Crippen LogP contribution in [0.25, 0.3) is 11.3 Å². The van der Waals surface area contributed by atoms with Gasteiger partial charge >= 0.3 is 12.3 Å². The molecule has 0 spiro atoms. The van der Waals surface area contributed by atoms with Crippen LogP contribution < -0.4 is 10.1 Å². The molecule has 2 heterocycles. The van der Waals surface area contributed by atoms with Crippen LogP contribution in [0.3, 0.4) is 0 Å². The first kappa shape index (κ1) is 29.5. The summed E-state index contributed by atoms with van der Waals surface area (Å²) in [6, 6.07) is 10.2. The summed E-state index contributed by atoms with van der Waals surface area (Å²) >= 11 is 0. The van der Waals surface area contributed by atoms with Gasteiger partial charge in [0.1, 0.15) is 29.8 Å². The van der Waals surface area contributed by atoms with Gasteiger partial charge in [-0.1, -0.05) is 36.4 Å². The number of amides is 1. The van der Waals surface area contributed by atoms with Crippen molar-refractivity contribution in [1.29, 1.82) is 0 Å². The molecule has 12 nitrogen and oxygen atoms in total. The zero-order valence-electron chi connectivity index (χ0n) is 21.3. The van der Waals surface area contributed by atoms with Crippen molar-refractivity contribution in [3.05, 3.63) is 72.1 Å². The highest BCUT2D eigenvalue weighted by atomic mass is 19.4. The molecule has 5 atom stereocenters. The minimum atomic E-state index is -4.92.